The van der Waals surface area contributed by atoms with Gasteiger partial charge in [-0.25, -0.2) is 0 Å². The Hall–Kier alpha value is -7.26. The number of thiophene rings is 1. The van der Waals surface area contributed by atoms with Crippen LogP contribution in [0.3, 0.4) is 0 Å². The largest absolute Gasteiger partial charge is 0.310 e. The monoisotopic (exact) mass is 795 g/mol. The predicted octanol–water partition coefficient (Wildman–Crippen LogP) is 17.1. The molecule has 0 spiro atoms. The van der Waals surface area contributed by atoms with Crippen LogP contribution in [0.25, 0.3) is 86.2 Å². The summed E-state index contributed by atoms with van der Waals surface area (Å²) in [5.41, 5.74) is 15.9. The zero-order chi connectivity index (χ0) is 40.7. The minimum absolute atomic E-state index is 0.149. The van der Waals surface area contributed by atoms with Crippen LogP contribution in [0.2, 0.25) is 0 Å². The fourth-order valence-corrected chi connectivity index (χ4v) is 11.4. The molecule has 12 rings (SSSR count). The van der Waals surface area contributed by atoms with Crippen LogP contribution >= 0.6 is 11.3 Å². The highest BCUT2D eigenvalue weighted by molar-refractivity contribution is 7.26. The minimum Gasteiger partial charge on any atom is -0.310 e. The van der Waals surface area contributed by atoms with E-state index in [1.807, 2.05) is 11.3 Å². The first kappa shape index (κ1) is 35.7. The summed E-state index contributed by atoms with van der Waals surface area (Å²) in [6.07, 6.45) is 0. The van der Waals surface area contributed by atoms with Crippen LogP contribution in [0.5, 0.6) is 0 Å². The first-order valence-corrected chi connectivity index (χ1v) is 22.0. The second-order valence-corrected chi connectivity index (χ2v) is 17.9. The van der Waals surface area contributed by atoms with Crippen molar-refractivity contribution in [2.45, 2.75) is 19.3 Å². The summed E-state index contributed by atoms with van der Waals surface area (Å²) in [5.74, 6) is 0. The van der Waals surface area contributed by atoms with Gasteiger partial charge in [-0.15, -0.1) is 11.3 Å². The van der Waals surface area contributed by atoms with Gasteiger partial charge < -0.3 is 4.90 Å². The van der Waals surface area contributed by atoms with Crippen LogP contribution in [0.4, 0.5) is 17.1 Å². The van der Waals surface area contributed by atoms with Crippen molar-refractivity contribution in [2.75, 3.05) is 4.90 Å². The van der Waals surface area contributed by atoms with Gasteiger partial charge in [-0.05, 0) is 114 Å². The van der Waals surface area contributed by atoms with Crippen LogP contribution in [-0.4, -0.2) is 0 Å². The van der Waals surface area contributed by atoms with E-state index in [4.69, 9.17) is 0 Å². The third kappa shape index (κ3) is 5.60. The van der Waals surface area contributed by atoms with Gasteiger partial charge in [-0.2, -0.15) is 0 Å². The molecule has 1 aromatic heterocycles. The summed E-state index contributed by atoms with van der Waals surface area (Å²) in [7, 11) is 0. The lowest BCUT2D eigenvalue weighted by molar-refractivity contribution is 0.660. The average Bonchev–Trinajstić information content (AvgIpc) is 3.81. The van der Waals surface area contributed by atoms with Gasteiger partial charge >= 0.3 is 0 Å². The Balaban J connectivity index is 1.12. The van der Waals surface area contributed by atoms with Gasteiger partial charge in [-0.3, -0.25) is 0 Å². The zero-order valence-electron chi connectivity index (χ0n) is 34.1. The fraction of sp³-hybridized carbons (Fsp3) is 0.0508. The minimum atomic E-state index is -0.149. The van der Waals surface area contributed by atoms with E-state index in [0.717, 1.165) is 17.1 Å². The molecule has 0 radical (unpaired) electrons. The Morgan fingerprint density at radius 1 is 0.377 bits per heavy atom. The van der Waals surface area contributed by atoms with E-state index >= 15 is 0 Å². The van der Waals surface area contributed by atoms with Crippen molar-refractivity contribution in [3.05, 3.63) is 223 Å². The summed E-state index contributed by atoms with van der Waals surface area (Å²) in [6, 6.07) is 78.8. The highest BCUT2D eigenvalue weighted by atomic mass is 32.1. The van der Waals surface area contributed by atoms with Gasteiger partial charge in [-0.1, -0.05) is 184 Å². The van der Waals surface area contributed by atoms with Crippen molar-refractivity contribution in [2.24, 2.45) is 0 Å². The van der Waals surface area contributed by atoms with E-state index < -0.39 is 0 Å². The molecule has 1 aliphatic carbocycles. The molecule has 11 aromatic rings. The summed E-state index contributed by atoms with van der Waals surface area (Å²) < 4.78 is 2.65. The summed E-state index contributed by atoms with van der Waals surface area (Å²) in [4.78, 5) is 2.51. The molecule has 61 heavy (non-hydrogen) atoms. The molecule has 0 saturated heterocycles. The van der Waals surface area contributed by atoms with Crippen molar-refractivity contribution >= 4 is 70.1 Å². The number of benzene rings is 10. The molecular weight excluding hydrogens is 755 g/mol. The number of hydrogen-bond donors (Lipinski definition) is 0. The Kier molecular flexibility index (Phi) is 8.13. The Labute approximate surface area is 360 Å². The van der Waals surface area contributed by atoms with Crippen molar-refractivity contribution in [3.63, 3.8) is 0 Å². The quantitative estimate of drug-likeness (QED) is 0.152. The molecule has 0 amide bonds. The number of anilines is 3. The second kappa shape index (κ2) is 13.9. The smallest absolute Gasteiger partial charge is 0.0546 e. The van der Waals surface area contributed by atoms with Crippen molar-refractivity contribution in [1.82, 2.24) is 0 Å². The molecule has 0 saturated carbocycles. The maximum atomic E-state index is 2.51. The van der Waals surface area contributed by atoms with Crippen molar-refractivity contribution in [3.8, 4) is 44.5 Å². The number of hydrogen-bond acceptors (Lipinski definition) is 2. The molecule has 1 heterocycles. The lowest BCUT2D eigenvalue weighted by Crippen LogP contribution is -2.17. The number of fused-ring (bicyclic) bond motifs is 9. The maximum Gasteiger partial charge on any atom is 0.0546 e. The average molecular weight is 796 g/mol. The molecular formula is C59H41NS. The topological polar surface area (TPSA) is 3.24 Å². The lowest BCUT2D eigenvalue weighted by Gasteiger charge is -2.31. The van der Waals surface area contributed by atoms with E-state index in [-0.39, 0.29) is 5.41 Å². The third-order valence-corrected chi connectivity index (χ3v) is 14.3. The Bertz CT molecular complexity index is 3500. The predicted molar refractivity (Wildman–Crippen MR) is 263 cm³/mol. The Morgan fingerprint density at radius 2 is 0.984 bits per heavy atom. The normalized spacial score (nSPS) is 12.9. The summed E-state index contributed by atoms with van der Waals surface area (Å²) in [5, 5.41) is 7.63. The van der Waals surface area contributed by atoms with E-state index in [0.29, 0.717) is 0 Å². The summed E-state index contributed by atoms with van der Waals surface area (Å²) in [6.45, 7) is 4.75. The highest BCUT2D eigenvalue weighted by Gasteiger charge is 2.36. The van der Waals surface area contributed by atoms with Crippen LogP contribution in [0.1, 0.15) is 25.0 Å². The zero-order valence-corrected chi connectivity index (χ0v) is 34.9. The van der Waals surface area contributed by atoms with Gasteiger partial charge in [0.2, 0.25) is 0 Å². The van der Waals surface area contributed by atoms with Gasteiger partial charge in [0, 0.05) is 42.5 Å². The van der Waals surface area contributed by atoms with Gasteiger partial charge in [0.15, 0.2) is 0 Å². The Morgan fingerprint density at radius 3 is 1.84 bits per heavy atom. The van der Waals surface area contributed by atoms with Gasteiger partial charge in [0.25, 0.3) is 0 Å². The molecule has 0 N–H and O–H groups in total. The van der Waals surface area contributed by atoms with Crippen LogP contribution < -0.4 is 4.90 Å². The number of rotatable bonds is 6. The van der Waals surface area contributed by atoms with Crippen LogP contribution in [-0.2, 0) is 5.41 Å². The van der Waals surface area contributed by atoms with E-state index in [9.17, 15) is 0 Å². The molecule has 0 unspecified atom stereocenters. The third-order valence-electron chi connectivity index (χ3n) is 13.1. The molecule has 0 fully saturated rings. The molecule has 10 aromatic carbocycles. The SMILES string of the molecule is CC1(C)c2ccccc2-c2ccc(N(c3ccc(-c4cccc5c4sc4ccccc45)cc3)c3cccc(-c4ccccc4)c3-c3cc4ccccc4c4ccccc34)cc21. The highest BCUT2D eigenvalue weighted by Crippen LogP contribution is 2.53. The molecule has 2 heteroatoms. The number of nitrogens with zero attached hydrogens (tertiary/aromatic N) is 1. The van der Waals surface area contributed by atoms with E-state index in [2.05, 4.69) is 231 Å². The lowest BCUT2D eigenvalue weighted by atomic mass is 9.82. The summed E-state index contributed by atoms with van der Waals surface area (Å²) >= 11 is 1.88. The van der Waals surface area contributed by atoms with E-state index in [1.165, 1.54) is 97.4 Å². The molecule has 288 valence electrons. The first-order valence-electron chi connectivity index (χ1n) is 21.2. The van der Waals surface area contributed by atoms with Crippen molar-refractivity contribution < 1.29 is 0 Å². The van der Waals surface area contributed by atoms with Crippen LogP contribution in [0.15, 0.2) is 212 Å². The van der Waals surface area contributed by atoms with Crippen molar-refractivity contribution in [1.29, 1.82) is 0 Å². The second-order valence-electron chi connectivity index (χ2n) is 16.8. The maximum absolute atomic E-state index is 2.51. The van der Waals surface area contributed by atoms with E-state index in [1.54, 1.807) is 0 Å². The fourth-order valence-electron chi connectivity index (χ4n) is 10.2. The molecule has 0 atom stereocenters. The van der Waals surface area contributed by atoms with Gasteiger partial charge in [0.1, 0.15) is 0 Å². The molecule has 0 aliphatic heterocycles. The molecule has 0 bridgehead atoms. The van der Waals surface area contributed by atoms with Crippen LogP contribution in [0, 0.1) is 0 Å². The molecule has 1 aliphatic rings. The van der Waals surface area contributed by atoms with Gasteiger partial charge in [0.05, 0.1) is 5.69 Å². The first-order chi connectivity index (χ1) is 30.0. The molecule has 1 nitrogen and oxygen atoms in total. The standard InChI is InChI=1S/C59H41NS/c1-59(2)53-27-12-10-22-48(53)49-35-34-42(37-54(49)59)60(41-32-30-39(31-33-41)45-25-14-26-51-50-23-11-13-29-56(50)61-58(45)51)55-28-15-24-44(38-16-4-3-5-17-38)57(55)52-36-40-18-6-7-19-43(40)46-20-8-9-21-47(46)52/h3-37H,1-2H3.